The minimum atomic E-state index is -0.485. The van der Waals surface area contributed by atoms with Crippen molar-refractivity contribution < 1.29 is 13.9 Å². The number of hydrogen-bond donors (Lipinski definition) is 0. The Morgan fingerprint density at radius 2 is 2.29 bits per heavy atom. The minimum Gasteiger partial charge on any atom is -0.444 e. The average molecular weight is 294 g/mol. The third kappa shape index (κ3) is 4.69. The molecule has 0 aromatic carbocycles. The van der Waals surface area contributed by atoms with Gasteiger partial charge in [0.15, 0.2) is 0 Å². The van der Waals surface area contributed by atoms with E-state index < -0.39 is 5.60 Å². The molecule has 2 heterocycles. The lowest BCUT2D eigenvalue weighted by Gasteiger charge is -2.34. The van der Waals surface area contributed by atoms with Crippen molar-refractivity contribution in [2.75, 3.05) is 13.1 Å². The molecule has 0 saturated carbocycles. The Hall–Kier alpha value is -1.65. The molecule has 1 atom stereocenters. The van der Waals surface area contributed by atoms with E-state index in [-0.39, 0.29) is 17.8 Å². The van der Waals surface area contributed by atoms with Gasteiger partial charge >= 0.3 is 6.09 Å². The Morgan fingerprint density at radius 1 is 1.52 bits per heavy atom. The molecule has 0 spiro atoms. The third-order valence-corrected chi connectivity index (χ3v) is 3.54. The van der Waals surface area contributed by atoms with Gasteiger partial charge in [0.2, 0.25) is 0 Å². The molecular formula is C16H23FN2O2. The van der Waals surface area contributed by atoms with Crippen LogP contribution in [0.4, 0.5) is 9.18 Å². The summed E-state index contributed by atoms with van der Waals surface area (Å²) < 4.78 is 19.1. The van der Waals surface area contributed by atoms with Crippen molar-refractivity contribution in [1.82, 2.24) is 9.88 Å². The predicted octanol–water partition coefficient (Wildman–Crippen LogP) is 3.41. The first-order valence-electron chi connectivity index (χ1n) is 7.41. The summed E-state index contributed by atoms with van der Waals surface area (Å²) in [5, 5.41) is 0. The number of hydrogen-bond acceptors (Lipinski definition) is 3. The molecule has 0 N–H and O–H groups in total. The number of carbonyl (C=O) groups excluding carboxylic acids is 1. The number of nitrogens with zero attached hydrogens (tertiary/aromatic N) is 2. The van der Waals surface area contributed by atoms with Crippen LogP contribution in [0, 0.1) is 11.7 Å². The summed E-state index contributed by atoms with van der Waals surface area (Å²) in [6.07, 6.45) is 5.13. The number of amides is 1. The van der Waals surface area contributed by atoms with E-state index in [0.29, 0.717) is 25.1 Å². The Kier molecular flexibility index (Phi) is 4.80. The normalized spacial score (nSPS) is 19.4. The third-order valence-electron chi connectivity index (χ3n) is 3.54. The van der Waals surface area contributed by atoms with Gasteiger partial charge in [-0.3, -0.25) is 4.98 Å². The van der Waals surface area contributed by atoms with Gasteiger partial charge in [-0.05, 0) is 57.6 Å². The lowest BCUT2D eigenvalue weighted by atomic mass is 9.91. The molecule has 0 bridgehead atoms. The summed E-state index contributed by atoms with van der Waals surface area (Å²) in [4.78, 5) is 17.6. The summed E-state index contributed by atoms with van der Waals surface area (Å²) >= 11 is 0. The van der Waals surface area contributed by atoms with Crippen molar-refractivity contribution in [1.29, 1.82) is 0 Å². The van der Waals surface area contributed by atoms with Crippen LogP contribution in [0.5, 0.6) is 0 Å². The summed E-state index contributed by atoms with van der Waals surface area (Å²) in [7, 11) is 0. The number of rotatable bonds is 2. The quantitative estimate of drug-likeness (QED) is 0.839. The smallest absolute Gasteiger partial charge is 0.410 e. The highest BCUT2D eigenvalue weighted by molar-refractivity contribution is 5.68. The minimum absolute atomic E-state index is 0.267. The first kappa shape index (κ1) is 15.7. The Morgan fingerprint density at radius 3 is 2.95 bits per heavy atom. The van der Waals surface area contributed by atoms with Crippen LogP contribution >= 0.6 is 0 Å². The molecule has 4 nitrogen and oxygen atoms in total. The highest BCUT2D eigenvalue weighted by atomic mass is 19.1. The maximum Gasteiger partial charge on any atom is 0.410 e. The second-order valence-electron chi connectivity index (χ2n) is 6.61. The average Bonchev–Trinajstić information content (AvgIpc) is 2.40. The second kappa shape index (κ2) is 6.41. The van der Waals surface area contributed by atoms with Gasteiger partial charge in [-0.15, -0.1) is 0 Å². The standard InChI is InChI=1S/C16H23FN2O2/c1-16(2,3)21-15(20)19-8-4-5-12(11-19)9-13-6-7-18-10-14(13)17/h6-7,10,12H,4-5,8-9,11H2,1-3H3. The van der Waals surface area contributed by atoms with E-state index in [9.17, 15) is 9.18 Å². The van der Waals surface area contributed by atoms with Gasteiger partial charge in [0, 0.05) is 19.3 Å². The molecule has 1 aliphatic rings. The molecule has 116 valence electrons. The zero-order chi connectivity index (χ0) is 15.5. The van der Waals surface area contributed by atoms with E-state index in [4.69, 9.17) is 4.74 Å². The monoisotopic (exact) mass is 294 g/mol. The van der Waals surface area contributed by atoms with Crippen LogP contribution in [-0.4, -0.2) is 34.7 Å². The van der Waals surface area contributed by atoms with Crippen molar-refractivity contribution >= 4 is 6.09 Å². The molecule has 1 aromatic heterocycles. The van der Waals surface area contributed by atoms with Crippen LogP contribution in [0.1, 0.15) is 39.2 Å². The molecule has 1 saturated heterocycles. The van der Waals surface area contributed by atoms with Gasteiger partial charge in [-0.2, -0.15) is 0 Å². The molecule has 1 unspecified atom stereocenters. The highest BCUT2D eigenvalue weighted by Gasteiger charge is 2.28. The van der Waals surface area contributed by atoms with Gasteiger partial charge in [-0.25, -0.2) is 9.18 Å². The SMILES string of the molecule is CC(C)(C)OC(=O)N1CCCC(Cc2ccncc2F)C1. The fourth-order valence-electron chi connectivity index (χ4n) is 2.60. The van der Waals surface area contributed by atoms with Crippen LogP contribution in [0.2, 0.25) is 0 Å². The lowest BCUT2D eigenvalue weighted by Crippen LogP contribution is -2.43. The predicted molar refractivity (Wildman–Crippen MR) is 78.4 cm³/mol. The van der Waals surface area contributed by atoms with E-state index >= 15 is 0 Å². The summed E-state index contributed by atoms with van der Waals surface area (Å²) in [5.41, 5.74) is 0.183. The molecule has 1 aliphatic heterocycles. The number of pyridine rings is 1. The number of ether oxygens (including phenoxy) is 1. The Bertz CT molecular complexity index is 499. The van der Waals surface area contributed by atoms with Crippen LogP contribution in [0.3, 0.4) is 0 Å². The van der Waals surface area contributed by atoms with Crippen molar-refractivity contribution in [3.63, 3.8) is 0 Å². The maximum absolute atomic E-state index is 13.7. The van der Waals surface area contributed by atoms with Gasteiger partial charge in [-0.1, -0.05) is 0 Å². The van der Waals surface area contributed by atoms with Crippen molar-refractivity contribution in [2.45, 2.75) is 45.6 Å². The zero-order valence-corrected chi connectivity index (χ0v) is 12.9. The van der Waals surface area contributed by atoms with Gasteiger partial charge in [0.05, 0.1) is 6.20 Å². The van der Waals surface area contributed by atoms with Gasteiger partial charge in [0.1, 0.15) is 11.4 Å². The molecule has 21 heavy (non-hydrogen) atoms. The number of aromatic nitrogens is 1. The van der Waals surface area contributed by atoms with E-state index in [1.807, 2.05) is 20.8 Å². The molecule has 1 amide bonds. The number of piperidine rings is 1. The number of carbonyl (C=O) groups is 1. The molecular weight excluding hydrogens is 271 g/mol. The first-order valence-corrected chi connectivity index (χ1v) is 7.41. The van der Waals surface area contributed by atoms with Gasteiger partial charge in [0.25, 0.3) is 0 Å². The van der Waals surface area contributed by atoms with Gasteiger partial charge < -0.3 is 9.64 Å². The molecule has 1 aromatic rings. The van der Waals surface area contributed by atoms with Crippen molar-refractivity contribution in [3.05, 3.63) is 29.8 Å². The van der Waals surface area contributed by atoms with E-state index in [2.05, 4.69) is 4.98 Å². The van der Waals surface area contributed by atoms with Crippen LogP contribution < -0.4 is 0 Å². The first-order chi connectivity index (χ1) is 9.85. The fraction of sp³-hybridized carbons (Fsp3) is 0.625. The molecule has 5 heteroatoms. The zero-order valence-electron chi connectivity index (χ0n) is 12.9. The lowest BCUT2D eigenvalue weighted by molar-refractivity contribution is 0.0166. The van der Waals surface area contributed by atoms with Crippen LogP contribution in [-0.2, 0) is 11.2 Å². The molecule has 0 radical (unpaired) electrons. The maximum atomic E-state index is 13.7. The largest absolute Gasteiger partial charge is 0.444 e. The van der Waals surface area contributed by atoms with Crippen molar-refractivity contribution in [3.8, 4) is 0 Å². The molecule has 0 aliphatic carbocycles. The number of likely N-dealkylation sites (tertiary alicyclic amines) is 1. The Labute approximate surface area is 125 Å². The number of halogens is 1. The van der Waals surface area contributed by atoms with Crippen molar-refractivity contribution in [2.24, 2.45) is 5.92 Å². The summed E-state index contributed by atoms with van der Waals surface area (Å²) in [5.74, 6) is -0.00457. The topological polar surface area (TPSA) is 42.4 Å². The highest BCUT2D eigenvalue weighted by Crippen LogP contribution is 2.23. The second-order valence-corrected chi connectivity index (χ2v) is 6.61. The Balaban J connectivity index is 1.95. The van der Waals surface area contributed by atoms with E-state index in [0.717, 1.165) is 12.8 Å². The van der Waals surface area contributed by atoms with Crippen LogP contribution in [0.15, 0.2) is 18.5 Å². The summed E-state index contributed by atoms with van der Waals surface area (Å²) in [6, 6.07) is 1.71. The van der Waals surface area contributed by atoms with E-state index in [1.165, 1.54) is 6.20 Å². The molecule has 1 fully saturated rings. The van der Waals surface area contributed by atoms with E-state index in [1.54, 1.807) is 17.2 Å². The molecule has 2 rings (SSSR count). The summed E-state index contributed by atoms with van der Waals surface area (Å²) in [6.45, 7) is 6.91. The van der Waals surface area contributed by atoms with Crippen LogP contribution in [0.25, 0.3) is 0 Å². The fourth-order valence-corrected chi connectivity index (χ4v) is 2.60.